The summed E-state index contributed by atoms with van der Waals surface area (Å²) in [6.07, 6.45) is 0. The van der Waals surface area contributed by atoms with Crippen molar-refractivity contribution in [2.24, 2.45) is 0 Å². The van der Waals surface area contributed by atoms with E-state index in [1.165, 1.54) is 11.5 Å². The van der Waals surface area contributed by atoms with Gasteiger partial charge in [-0.15, -0.1) is 0 Å². The number of hydrogen-bond donors (Lipinski definition) is 1. The van der Waals surface area contributed by atoms with Gasteiger partial charge in [-0.05, 0) is 45.0 Å². The zero-order chi connectivity index (χ0) is 14.5. The predicted octanol–water partition coefficient (Wildman–Crippen LogP) is 3.07. The number of benzene rings is 1. The van der Waals surface area contributed by atoms with Gasteiger partial charge in [-0.3, -0.25) is 4.79 Å². The number of amides is 1. The Labute approximate surface area is 122 Å². The second-order valence-corrected chi connectivity index (χ2v) is 5.08. The Hall–Kier alpha value is -1.95. The van der Waals surface area contributed by atoms with E-state index in [-0.39, 0.29) is 5.91 Å². The standard InChI is InChI=1S/C14H18N4OS/c1-4-18(5-2)13(19)11-6-8-12(9-7-11)16-14-15-10(3)17-20-14/h6-9H,4-5H2,1-3H3,(H,15,16,17). The van der Waals surface area contributed by atoms with E-state index in [0.29, 0.717) is 5.56 Å². The molecule has 0 saturated heterocycles. The molecule has 1 aromatic heterocycles. The molecule has 0 atom stereocenters. The first-order valence-electron chi connectivity index (χ1n) is 6.60. The van der Waals surface area contributed by atoms with Crippen LogP contribution in [0.3, 0.4) is 0 Å². The van der Waals surface area contributed by atoms with E-state index in [1.54, 1.807) is 4.90 Å². The fourth-order valence-electron chi connectivity index (χ4n) is 1.86. The van der Waals surface area contributed by atoms with E-state index >= 15 is 0 Å². The number of rotatable bonds is 5. The van der Waals surface area contributed by atoms with Gasteiger partial charge in [0.15, 0.2) is 0 Å². The highest BCUT2D eigenvalue weighted by atomic mass is 32.1. The largest absolute Gasteiger partial charge is 0.339 e. The van der Waals surface area contributed by atoms with Gasteiger partial charge in [-0.25, -0.2) is 4.98 Å². The summed E-state index contributed by atoms with van der Waals surface area (Å²) in [5.74, 6) is 0.819. The van der Waals surface area contributed by atoms with Crippen LogP contribution in [0.1, 0.15) is 30.0 Å². The topological polar surface area (TPSA) is 58.1 Å². The van der Waals surface area contributed by atoms with Crippen molar-refractivity contribution in [2.45, 2.75) is 20.8 Å². The normalized spacial score (nSPS) is 10.3. The number of carbonyl (C=O) groups is 1. The van der Waals surface area contributed by atoms with Crippen LogP contribution in [-0.4, -0.2) is 33.3 Å². The molecule has 2 rings (SSSR count). The fourth-order valence-corrected chi connectivity index (χ4v) is 2.46. The zero-order valence-electron chi connectivity index (χ0n) is 11.9. The number of nitrogens with one attached hydrogen (secondary N) is 1. The molecular formula is C14H18N4OS. The maximum atomic E-state index is 12.2. The number of anilines is 2. The molecule has 1 aromatic carbocycles. The van der Waals surface area contributed by atoms with Crippen molar-refractivity contribution in [3.8, 4) is 0 Å². The first kappa shape index (κ1) is 14.5. The Kier molecular flexibility index (Phi) is 4.68. The van der Waals surface area contributed by atoms with Crippen molar-refractivity contribution >= 4 is 28.3 Å². The Bertz CT molecular complexity index is 575. The summed E-state index contributed by atoms with van der Waals surface area (Å²) in [6.45, 7) is 7.26. The highest BCUT2D eigenvalue weighted by Crippen LogP contribution is 2.19. The van der Waals surface area contributed by atoms with Gasteiger partial charge in [0, 0.05) is 35.9 Å². The van der Waals surface area contributed by atoms with Crippen molar-refractivity contribution in [2.75, 3.05) is 18.4 Å². The monoisotopic (exact) mass is 290 g/mol. The van der Waals surface area contributed by atoms with Gasteiger partial charge in [0.1, 0.15) is 5.82 Å². The molecule has 20 heavy (non-hydrogen) atoms. The summed E-state index contributed by atoms with van der Waals surface area (Å²) in [7, 11) is 0. The van der Waals surface area contributed by atoms with E-state index in [4.69, 9.17) is 0 Å². The summed E-state index contributed by atoms with van der Waals surface area (Å²) >= 11 is 1.32. The first-order chi connectivity index (χ1) is 9.63. The first-order valence-corrected chi connectivity index (χ1v) is 7.38. The summed E-state index contributed by atoms with van der Waals surface area (Å²) in [5.41, 5.74) is 1.60. The lowest BCUT2D eigenvalue weighted by atomic mass is 10.2. The molecule has 2 aromatic rings. The molecule has 106 valence electrons. The van der Waals surface area contributed by atoms with Crippen LogP contribution in [0.5, 0.6) is 0 Å². The third-order valence-electron chi connectivity index (χ3n) is 2.96. The average Bonchev–Trinajstić information content (AvgIpc) is 2.86. The predicted molar refractivity (Wildman–Crippen MR) is 81.6 cm³/mol. The van der Waals surface area contributed by atoms with Crippen molar-refractivity contribution in [1.82, 2.24) is 14.3 Å². The van der Waals surface area contributed by atoms with Crippen molar-refractivity contribution < 1.29 is 4.79 Å². The minimum absolute atomic E-state index is 0.0632. The lowest BCUT2D eigenvalue weighted by Gasteiger charge is -2.18. The number of aryl methyl sites for hydroxylation is 1. The minimum Gasteiger partial charge on any atom is -0.339 e. The van der Waals surface area contributed by atoms with Crippen LogP contribution in [0.15, 0.2) is 24.3 Å². The van der Waals surface area contributed by atoms with E-state index < -0.39 is 0 Å². The molecule has 5 nitrogen and oxygen atoms in total. The Balaban J connectivity index is 2.08. The Morgan fingerprint density at radius 3 is 2.40 bits per heavy atom. The van der Waals surface area contributed by atoms with Gasteiger partial charge in [0.2, 0.25) is 5.13 Å². The maximum absolute atomic E-state index is 12.2. The van der Waals surface area contributed by atoms with Gasteiger partial charge in [0.05, 0.1) is 0 Å². The molecule has 0 unspecified atom stereocenters. The second-order valence-electron chi connectivity index (χ2n) is 4.33. The highest BCUT2D eigenvalue weighted by molar-refractivity contribution is 7.09. The molecular weight excluding hydrogens is 272 g/mol. The van der Waals surface area contributed by atoms with Crippen LogP contribution < -0.4 is 5.32 Å². The summed E-state index contributed by atoms with van der Waals surface area (Å²) in [4.78, 5) is 18.2. The third-order valence-corrected chi connectivity index (χ3v) is 3.68. The van der Waals surface area contributed by atoms with Crippen LogP contribution in [0.2, 0.25) is 0 Å². The Morgan fingerprint density at radius 2 is 1.90 bits per heavy atom. The molecule has 0 aliphatic rings. The summed E-state index contributed by atoms with van der Waals surface area (Å²) < 4.78 is 4.11. The molecule has 0 fully saturated rings. The van der Waals surface area contributed by atoms with Crippen molar-refractivity contribution in [3.05, 3.63) is 35.7 Å². The van der Waals surface area contributed by atoms with Gasteiger partial charge in [-0.2, -0.15) is 4.37 Å². The molecule has 0 saturated carbocycles. The summed E-state index contributed by atoms with van der Waals surface area (Å²) in [5, 5.41) is 3.92. The number of aromatic nitrogens is 2. The highest BCUT2D eigenvalue weighted by Gasteiger charge is 2.12. The van der Waals surface area contributed by atoms with Crippen LogP contribution in [0, 0.1) is 6.92 Å². The van der Waals surface area contributed by atoms with Crippen LogP contribution in [0.4, 0.5) is 10.8 Å². The number of nitrogens with zero attached hydrogens (tertiary/aromatic N) is 3. The van der Waals surface area contributed by atoms with E-state index in [0.717, 1.165) is 29.7 Å². The van der Waals surface area contributed by atoms with Gasteiger partial charge < -0.3 is 10.2 Å². The molecule has 1 N–H and O–H groups in total. The van der Waals surface area contributed by atoms with Crippen molar-refractivity contribution in [1.29, 1.82) is 0 Å². The quantitative estimate of drug-likeness (QED) is 0.919. The zero-order valence-corrected chi connectivity index (χ0v) is 12.7. The van der Waals surface area contributed by atoms with Gasteiger partial charge in [0.25, 0.3) is 5.91 Å². The lowest BCUT2D eigenvalue weighted by Crippen LogP contribution is -2.30. The SMILES string of the molecule is CCN(CC)C(=O)c1ccc(Nc2nc(C)ns2)cc1. The second kappa shape index (κ2) is 6.47. The van der Waals surface area contributed by atoms with Crippen molar-refractivity contribution in [3.63, 3.8) is 0 Å². The molecule has 1 amide bonds. The molecule has 0 aliphatic heterocycles. The van der Waals surface area contributed by atoms with Gasteiger partial charge >= 0.3 is 0 Å². The van der Waals surface area contributed by atoms with Crippen LogP contribution in [-0.2, 0) is 0 Å². The maximum Gasteiger partial charge on any atom is 0.253 e. The van der Waals surface area contributed by atoms with Crippen LogP contribution >= 0.6 is 11.5 Å². The molecule has 0 radical (unpaired) electrons. The van der Waals surface area contributed by atoms with E-state index in [9.17, 15) is 4.79 Å². The minimum atomic E-state index is 0.0632. The fraction of sp³-hybridized carbons (Fsp3) is 0.357. The third kappa shape index (κ3) is 3.33. The lowest BCUT2D eigenvalue weighted by molar-refractivity contribution is 0.0773. The Morgan fingerprint density at radius 1 is 1.25 bits per heavy atom. The van der Waals surface area contributed by atoms with Gasteiger partial charge in [-0.1, -0.05) is 0 Å². The molecule has 0 bridgehead atoms. The van der Waals surface area contributed by atoms with Crippen LogP contribution in [0.25, 0.3) is 0 Å². The smallest absolute Gasteiger partial charge is 0.253 e. The number of carbonyl (C=O) groups excluding carboxylic acids is 1. The summed E-state index contributed by atoms with van der Waals surface area (Å²) in [6, 6.07) is 7.43. The molecule has 0 aliphatic carbocycles. The molecule has 1 heterocycles. The van der Waals surface area contributed by atoms with E-state index in [2.05, 4.69) is 14.7 Å². The average molecular weight is 290 g/mol. The number of hydrogen-bond acceptors (Lipinski definition) is 5. The molecule has 0 spiro atoms. The van der Waals surface area contributed by atoms with E-state index in [1.807, 2.05) is 45.0 Å². The molecule has 6 heteroatoms.